The van der Waals surface area contributed by atoms with Crippen LogP contribution in [-0.2, 0) is 11.0 Å². The molecule has 7 heteroatoms. The molecule has 4 rings (SSSR count). The Morgan fingerprint density at radius 3 is 2.50 bits per heavy atom. The average molecular weight is 397 g/mol. The number of benzene rings is 1. The molecule has 1 aromatic carbocycles. The maximum Gasteiger partial charge on any atom is 0.416 e. The molecule has 1 heterocycles. The Morgan fingerprint density at radius 1 is 1.25 bits per heavy atom. The molecule has 1 atom stereocenters. The minimum Gasteiger partial charge on any atom is -0.490 e. The van der Waals surface area contributed by atoms with Gasteiger partial charge in [0, 0.05) is 24.4 Å². The second-order valence-corrected chi connectivity index (χ2v) is 9.26. The molecule has 1 unspecified atom stereocenters. The summed E-state index contributed by atoms with van der Waals surface area (Å²) in [5, 5.41) is 9.82. The lowest BCUT2D eigenvalue weighted by molar-refractivity contribution is -0.161. The number of carbonyl (C=O) groups is 1. The summed E-state index contributed by atoms with van der Waals surface area (Å²) in [6.45, 7) is 4.83. The number of hydrogen-bond acceptors (Lipinski definition) is 3. The third-order valence-electron chi connectivity index (χ3n) is 6.54. The molecular formula is C21H26F3NO3. The Hall–Kier alpha value is -1.76. The van der Waals surface area contributed by atoms with Crippen molar-refractivity contribution in [2.45, 2.75) is 63.8 Å². The largest absolute Gasteiger partial charge is 0.490 e. The fraction of sp³-hybridized carbons (Fsp3) is 0.667. The van der Waals surface area contributed by atoms with Gasteiger partial charge in [-0.2, -0.15) is 13.2 Å². The summed E-state index contributed by atoms with van der Waals surface area (Å²) in [4.78, 5) is 14.3. The molecule has 1 amide bonds. The van der Waals surface area contributed by atoms with Gasteiger partial charge in [-0.1, -0.05) is 0 Å². The van der Waals surface area contributed by atoms with Crippen LogP contribution in [-0.4, -0.2) is 40.7 Å². The predicted molar refractivity (Wildman–Crippen MR) is 96.8 cm³/mol. The Labute approximate surface area is 162 Å². The van der Waals surface area contributed by atoms with Crippen molar-refractivity contribution >= 4 is 5.91 Å². The van der Waals surface area contributed by atoms with Gasteiger partial charge in [0.1, 0.15) is 5.75 Å². The number of aliphatic hydroxyl groups is 1. The first-order valence-corrected chi connectivity index (χ1v) is 9.82. The third-order valence-corrected chi connectivity index (χ3v) is 6.54. The molecule has 2 saturated carbocycles. The van der Waals surface area contributed by atoms with Crippen LogP contribution in [0.3, 0.4) is 0 Å². The quantitative estimate of drug-likeness (QED) is 0.841. The molecule has 1 aromatic rings. The van der Waals surface area contributed by atoms with E-state index in [9.17, 15) is 23.1 Å². The summed E-state index contributed by atoms with van der Waals surface area (Å²) < 4.78 is 44.4. The second-order valence-electron chi connectivity index (χ2n) is 9.26. The van der Waals surface area contributed by atoms with Gasteiger partial charge >= 0.3 is 6.18 Å². The molecule has 0 bridgehead atoms. The van der Waals surface area contributed by atoms with E-state index in [1.54, 1.807) is 13.8 Å². The molecule has 28 heavy (non-hydrogen) atoms. The first kappa shape index (κ1) is 19.6. The molecule has 4 nitrogen and oxygen atoms in total. The highest BCUT2D eigenvalue weighted by Crippen LogP contribution is 2.49. The van der Waals surface area contributed by atoms with E-state index in [1.807, 2.05) is 4.90 Å². The van der Waals surface area contributed by atoms with Gasteiger partial charge in [-0.3, -0.25) is 4.79 Å². The highest BCUT2D eigenvalue weighted by atomic mass is 19.4. The third kappa shape index (κ3) is 3.61. The van der Waals surface area contributed by atoms with Gasteiger partial charge in [0.15, 0.2) is 0 Å². The molecule has 0 radical (unpaired) electrons. The van der Waals surface area contributed by atoms with Crippen molar-refractivity contribution in [3.8, 4) is 5.75 Å². The summed E-state index contributed by atoms with van der Waals surface area (Å²) in [6.07, 6.45) is -0.680. The summed E-state index contributed by atoms with van der Waals surface area (Å²) >= 11 is 0. The zero-order valence-corrected chi connectivity index (χ0v) is 16.2. The van der Waals surface area contributed by atoms with Gasteiger partial charge in [0.25, 0.3) is 0 Å². The van der Waals surface area contributed by atoms with E-state index in [4.69, 9.17) is 4.74 Å². The summed E-state index contributed by atoms with van der Waals surface area (Å²) in [5.41, 5.74) is -0.803. The lowest BCUT2D eigenvalue weighted by Gasteiger charge is -2.51. The number of halogens is 3. The minimum atomic E-state index is -4.35. The first-order valence-electron chi connectivity index (χ1n) is 9.82. The molecule has 2 aliphatic carbocycles. The number of rotatable bonds is 3. The van der Waals surface area contributed by atoms with Crippen LogP contribution >= 0.6 is 0 Å². The van der Waals surface area contributed by atoms with Crippen molar-refractivity contribution in [1.29, 1.82) is 0 Å². The standard InChI is InChI=1S/C21H26F3NO3/c1-13-7-15(21(22,23)24)3-4-17(13)28-16-5-6-20(10-16)11-25(12-20)18(26)14-8-19(2,27)9-14/h3-4,7,14,16,27H,5-6,8-12H2,1-2H3. The molecule has 1 N–H and O–H groups in total. The van der Waals surface area contributed by atoms with Crippen molar-refractivity contribution < 1.29 is 27.8 Å². The molecule has 1 saturated heterocycles. The van der Waals surface area contributed by atoms with Gasteiger partial charge in [-0.15, -0.1) is 0 Å². The maximum atomic E-state index is 12.8. The predicted octanol–water partition coefficient (Wildman–Crippen LogP) is 3.93. The first-order chi connectivity index (χ1) is 13.0. The van der Waals surface area contributed by atoms with Crippen molar-refractivity contribution in [3.63, 3.8) is 0 Å². The van der Waals surface area contributed by atoms with Crippen LogP contribution in [0.2, 0.25) is 0 Å². The number of nitrogens with zero attached hydrogens (tertiary/aromatic N) is 1. The van der Waals surface area contributed by atoms with E-state index in [1.165, 1.54) is 6.07 Å². The van der Waals surface area contributed by atoms with E-state index < -0.39 is 17.3 Å². The number of ether oxygens (including phenoxy) is 1. The Balaban J connectivity index is 1.30. The normalized spacial score (nSPS) is 31.4. The van der Waals surface area contributed by atoms with E-state index in [0.29, 0.717) is 24.2 Å². The number of amides is 1. The second kappa shape index (κ2) is 6.37. The lowest BCUT2D eigenvalue weighted by atomic mass is 9.70. The molecular weight excluding hydrogens is 371 g/mol. The highest BCUT2D eigenvalue weighted by molar-refractivity contribution is 5.81. The van der Waals surface area contributed by atoms with Gasteiger partial charge in [0.2, 0.25) is 5.91 Å². The number of hydrogen-bond donors (Lipinski definition) is 1. The van der Waals surface area contributed by atoms with Crippen molar-refractivity contribution in [1.82, 2.24) is 4.90 Å². The summed E-state index contributed by atoms with van der Waals surface area (Å²) in [7, 11) is 0. The molecule has 1 spiro atoms. The van der Waals surface area contributed by atoms with E-state index in [0.717, 1.165) is 44.5 Å². The van der Waals surface area contributed by atoms with Crippen LogP contribution in [0.15, 0.2) is 18.2 Å². The fourth-order valence-corrected chi connectivity index (χ4v) is 5.03. The van der Waals surface area contributed by atoms with Gasteiger partial charge in [-0.25, -0.2) is 0 Å². The summed E-state index contributed by atoms with van der Waals surface area (Å²) in [5.74, 6) is 0.578. The van der Waals surface area contributed by atoms with Crippen LogP contribution in [0.5, 0.6) is 5.75 Å². The Morgan fingerprint density at radius 2 is 1.93 bits per heavy atom. The smallest absolute Gasteiger partial charge is 0.416 e. The zero-order valence-electron chi connectivity index (χ0n) is 16.2. The van der Waals surface area contributed by atoms with Crippen LogP contribution < -0.4 is 4.74 Å². The number of aryl methyl sites for hydroxylation is 1. The number of likely N-dealkylation sites (tertiary alicyclic amines) is 1. The van der Waals surface area contributed by atoms with Crippen LogP contribution in [0.4, 0.5) is 13.2 Å². The molecule has 3 aliphatic rings. The molecule has 0 aromatic heterocycles. The topological polar surface area (TPSA) is 49.8 Å². The minimum absolute atomic E-state index is 0.0304. The van der Waals surface area contributed by atoms with Crippen molar-refractivity contribution in [3.05, 3.63) is 29.3 Å². The molecule has 1 aliphatic heterocycles. The van der Waals surface area contributed by atoms with Crippen molar-refractivity contribution in [2.24, 2.45) is 11.3 Å². The van der Waals surface area contributed by atoms with Crippen molar-refractivity contribution in [2.75, 3.05) is 13.1 Å². The molecule has 3 fully saturated rings. The van der Waals surface area contributed by atoms with Gasteiger partial charge < -0.3 is 14.7 Å². The zero-order chi connectivity index (χ0) is 20.3. The lowest BCUT2D eigenvalue weighted by Crippen LogP contribution is -2.61. The monoisotopic (exact) mass is 397 g/mol. The van der Waals surface area contributed by atoms with Crippen LogP contribution in [0.1, 0.15) is 50.2 Å². The molecule has 154 valence electrons. The SMILES string of the molecule is Cc1cc(C(F)(F)F)ccc1OC1CCC2(C1)CN(C(=O)C1CC(C)(O)C1)C2. The van der Waals surface area contributed by atoms with E-state index >= 15 is 0 Å². The number of carbonyl (C=O) groups excluding carboxylic acids is 1. The average Bonchev–Trinajstić information content (AvgIpc) is 2.95. The van der Waals surface area contributed by atoms with E-state index in [2.05, 4.69) is 0 Å². The van der Waals surface area contributed by atoms with Gasteiger partial charge in [0.05, 0.1) is 17.3 Å². The highest BCUT2D eigenvalue weighted by Gasteiger charge is 2.53. The Bertz CT molecular complexity index is 776. The fourth-order valence-electron chi connectivity index (χ4n) is 5.03. The summed E-state index contributed by atoms with van der Waals surface area (Å²) in [6, 6.07) is 3.59. The van der Waals surface area contributed by atoms with Crippen LogP contribution in [0.25, 0.3) is 0 Å². The van der Waals surface area contributed by atoms with E-state index in [-0.39, 0.29) is 23.3 Å². The Kier molecular flexibility index (Phi) is 4.45. The maximum absolute atomic E-state index is 12.8. The van der Waals surface area contributed by atoms with Crippen LogP contribution in [0, 0.1) is 18.3 Å². The number of alkyl halides is 3. The van der Waals surface area contributed by atoms with Gasteiger partial charge in [-0.05, 0) is 69.7 Å².